The third-order valence-corrected chi connectivity index (χ3v) is 4.17. The largest absolute Gasteiger partial charge is 0.451 e. The lowest BCUT2D eigenvalue weighted by molar-refractivity contribution is -0.124. The minimum Gasteiger partial charge on any atom is -0.451 e. The topological polar surface area (TPSA) is 91.4 Å². The first-order chi connectivity index (χ1) is 10.4. The summed E-state index contributed by atoms with van der Waals surface area (Å²) < 4.78 is 5.07. The fourth-order valence-electron chi connectivity index (χ4n) is 3.14. The molecule has 1 aromatic heterocycles. The van der Waals surface area contributed by atoms with Gasteiger partial charge in [-0.15, -0.1) is 0 Å². The summed E-state index contributed by atoms with van der Waals surface area (Å²) in [5.74, 6) is -0.842. The summed E-state index contributed by atoms with van der Waals surface area (Å²) in [7, 11) is 0. The van der Waals surface area contributed by atoms with E-state index in [0.717, 1.165) is 31.4 Å². The third-order valence-electron chi connectivity index (χ3n) is 4.17. The number of aromatic amines is 1. The lowest BCUT2D eigenvalue weighted by atomic mass is 10.1. The Balaban J connectivity index is 1.92. The van der Waals surface area contributed by atoms with Crippen molar-refractivity contribution in [3.05, 3.63) is 22.5 Å². The molecule has 0 aliphatic heterocycles. The van der Waals surface area contributed by atoms with Crippen molar-refractivity contribution >= 4 is 11.9 Å². The number of aliphatic hydroxyl groups excluding tert-OH is 1. The van der Waals surface area contributed by atoms with Gasteiger partial charge in [0.25, 0.3) is 5.91 Å². The van der Waals surface area contributed by atoms with Gasteiger partial charge >= 0.3 is 5.97 Å². The van der Waals surface area contributed by atoms with Crippen LogP contribution >= 0.6 is 0 Å². The van der Waals surface area contributed by atoms with Crippen LogP contribution in [0.25, 0.3) is 0 Å². The molecule has 122 valence electrons. The molecule has 0 radical (unpaired) electrons. The van der Waals surface area contributed by atoms with Gasteiger partial charge in [0.2, 0.25) is 0 Å². The Morgan fingerprint density at radius 3 is 2.55 bits per heavy atom. The molecule has 1 amide bonds. The Morgan fingerprint density at radius 2 is 2.00 bits per heavy atom. The van der Waals surface area contributed by atoms with Crippen molar-refractivity contribution in [2.24, 2.45) is 0 Å². The molecule has 6 nitrogen and oxygen atoms in total. The molecule has 0 bridgehead atoms. The number of rotatable bonds is 5. The van der Waals surface area contributed by atoms with Crippen molar-refractivity contribution in [3.63, 3.8) is 0 Å². The van der Waals surface area contributed by atoms with Gasteiger partial charge in [0, 0.05) is 17.3 Å². The highest BCUT2D eigenvalue weighted by atomic mass is 16.5. The molecule has 1 aromatic rings. The van der Waals surface area contributed by atoms with E-state index in [1.165, 1.54) is 0 Å². The molecule has 22 heavy (non-hydrogen) atoms. The number of H-pyrrole nitrogens is 1. The van der Waals surface area contributed by atoms with Crippen molar-refractivity contribution in [1.29, 1.82) is 0 Å². The van der Waals surface area contributed by atoms with E-state index in [4.69, 9.17) is 4.74 Å². The molecule has 3 N–H and O–H groups in total. The van der Waals surface area contributed by atoms with Crippen molar-refractivity contribution in [3.8, 4) is 0 Å². The molecule has 1 atom stereocenters. The Morgan fingerprint density at radius 1 is 1.36 bits per heavy atom. The maximum atomic E-state index is 12.1. The number of ether oxygens (including phenoxy) is 1. The maximum Gasteiger partial charge on any atom is 0.355 e. The normalized spacial score (nSPS) is 16.5. The first-order valence-corrected chi connectivity index (χ1v) is 7.73. The molecule has 0 saturated heterocycles. The van der Waals surface area contributed by atoms with E-state index >= 15 is 0 Å². The standard InChI is InChI=1S/C16H24N2O4/c1-9-14(11(3)19)10(2)17-15(9)16(21)22-8-13(20)18-12-6-4-5-7-12/h11-12,17,19H,4-8H2,1-3H3,(H,18,20)/t11-/m0/s1. The smallest absolute Gasteiger partial charge is 0.355 e. The number of carbonyl (C=O) groups is 2. The maximum absolute atomic E-state index is 12.1. The highest BCUT2D eigenvalue weighted by Gasteiger charge is 2.22. The zero-order chi connectivity index (χ0) is 16.3. The second-order valence-corrected chi connectivity index (χ2v) is 5.96. The van der Waals surface area contributed by atoms with Crippen molar-refractivity contribution in [1.82, 2.24) is 10.3 Å². The van der Waals surface area contributed by atoms with Crippen LogP contribution in [0.5, 0.6) is 0 Å². The zero-order valence-corrected chi connectivity index (χ0v) is 13.4. The highest BCUT2D eigenvalue weighted by molar-refractivity contribution is 5.91. The first-order valence-electron chi connectivity index (χ1n) is 7.73. The highest BCUT2D eigenvalue weighted by Crippen LogP contribution is 2.24. The Labute approximate surface area is 130 Å². The van der Waals surface area contributed by atoms with E-state index in [1.807, 2.05) is 0 Å². The number of aryl methyl sites for hydroxylation is 1. The Kier molecular flexibility index (Phi) is 5.24. The Hall–Kier alpha value is -1.82. The molecule has 1 aliphatic carbocycles. The molecule has 1 aliphatic rings. The van der Waals surface area contributed by atoms with Gasteiger partial charge in [-0.3, -0.25) is 4.79 Å². The third kappa shape index (κ3) is 3.68. The summed E-state index contributed by atoms with van der Waals surface area (Å²) in [6, 6.07) is 0.211. The summed E-state index contributed by atoms with van der Waals surface area (Å²) in [5.41, 5.74) is 2.38. The summed E-state index contributed by atoms with van der Waals surface area (Å²) in [6.07, 6.45) is 3.59. The van der Waals surface area contributed by atoms with Crippen LogP contribution < -0.4 is 5.32 Å². The lowest BCUT2D eigenvalue weighted by Gasteiger charge is -2.12. The minimum absolute atomic E-state index is 0.211. The molecular formula is C16H24N2O4. The number of carbonyl (C=O) groups excluding carboxylic acids is 2. The molecule has 0 aromatic carbocycles. The monoisotopic (exact) mass is 308 g/mol. The molecule has 2 rings (SSSR count). The Bertz CT molecular complexity index is 557. The molecular weight excluding hydrogens is 284 g/mol. The average Bonchev–Trinajstić information content (AvgIpc) is 3.04. The van der Waals surface area contributed by atoms with Crippen LogP contribution in [0.15, 0.2) is 0 Å². The van der Waals surface area contributed by atoms with Gasteiger partial charge in [-0.2, -0.15) is 0 Å². The fraction of sp³-hybridized carbons (Fsp3) is 0.625. The SMILES string of the molecule is Cc1[nH]c(C(=O)OCC(=O)NC2CCCC2)c(C)c1[C@H](C)O. The minimum atomic E-state index is -0.663. The number of esters is 1. The molecule has 0 unspecified atom stereocenters. The quantitative estimate of drug-likeness (QED) is 0.725. The van der Waals surface area contributed by atoms with E-state index < -0.39 is 12.1 Å². The fourth-order valence-corrected chi connectivity index (χ4v) is 3.14. The van der Waals surface area contributed by atoms with Crippen LogP contribution in [0.3, 0.4) is 0 Å². The summed E-state index contributed by atoms with van der Waals surface area (Å²) in [4.78, 5) is 26.8. The van der Waals surface area contributed by atoms with Crippen molar-refractivity contribution in [2.45, 2.75) is 58.6 Å². The summed E-state index contributed by atoms with van der Waals surface area (Å²) in [6.45, 7) is 4.91. The van der Waals surface area contributed by atoms with E-state index in [2.05, 4.69) is 10.3 Å². The number of amides is 1. The summed E-state index contributed by atoms with van der Waals surface area (Å²) >= 11 is 0. The number of hydrogen-bond donors (Lipinski definition) is 3. The number of aromatic nitrogens is 1. The van der Waals surface area contributed by atoms with Crippen LogP contribution in [0, 0.1) is 13.8 Å². The van der Waals surface area contributed by atoms with Gasteiger partial charge in [-0.05, 0) is 39.2 Å². The van der Waals surface area contributed by atoms with E-state index in [1.54, 1.807) is 20.8 Å². The van der Waals surface area contributed by atoms with E-state index in [0.29, 0.717) is 16.8 Å². The zero-order valence-electron chi connectivity index (χ0n) is 13.4. The van der Waals surface area contributed by atoms with Gasteiger partial charge in [0.05, 0.1) is 6.10 Å². The van der Waals surface area contributed by atoms with Gasteiger partial charge in [0.15, 0.2) is 6.61 Å². The lowest BCUT2D eigenvalue weighted by Crippen LogP contribution is -2.36. The van der Waals surface area contributed by atoms with Crippen LogP contribution in [0.1, 0.15) is 66.0 Å². The predicted octanol–water partition coefficient (Wildman–Crippen LogP) is 1.90. The molecule has 1 saturated carbocycles. The van der Waals surface area contributed by atoms with Crippen LogP contribution in [-0.4, -0.2) is 34.6 Å². The number of aliphatic hydroxyl groups is 1. The van der Waals surface area contributed by atoms with Gasteiger partial charge in [-0.1, -0.05) is 12.8 Å². The summed E-state index contributed by atoms with van der Waals surface area (Å²) in [5, 5.41) is 12.6. The second-order valence-electron chi connectivity index (χ2n) is 5.96. The molecule has 6 heteroatoms. The van der Waals surface area contributed by atoms with Crippen molar-refractivity contribution in [2.75, 3.05) is 6.61 Å². The molecule has 1 heterocycles. The van der Waals surface area contributed by atoms with Crippen LogP contribution in [0.2, 0.25) is 0 Å². The first kappa shape index (κ1) is 16.5. The van der Waals surface area contributed by atoms with Crippen molar-refractivity contribution < 1.29 is 19.4 Å². The average molecular weight is 308 g/mol. The van der Waals surface area contributed by atoms with E-state index in [-0.39, 0.29) is 18.6 Å². The number of hydrogen-bond acceptors (Lipinski definition) is 4. The molecule has 1 fully saturated rings. The number of nitrogens with one attached hydrogen (secondary N) is 2. The van der Waals surface area contributed by atoms with Crippen LogP contribution in [-0.2, 0) is 9.53 Å². The second kappa shape index (κ2) is 6.96. The van der Waals surface area contributed by atoms with Gasteiger partial charge < -0.3 is 20.1 Å². The van der Waals surface area contributed by atoms with E-state index in [9.17, 15) is 14.7 Å². The predicted molar refractivity (Wildman–Crippen MR) is 81.6 cm³/mol. The molecule has 0 spiro atoms. The van der Waals surface area contributed by atoms with Crippen LogP contribution in [0.4, 0.5) is 0 Å². The van der Waals surface area contributed by atoms with Gasteiger partial charge in [-0.25, -0.2) is 4.79 Å². The van der Waals surface area contributed by atoms with Gasteiger partial charge in [0.1, 0.15) is 5.69 Å².